The summed E-state index contributed by atoms with van der Waals surface area (Å²) >= 11 is 0. The predicted octanol–water partition coefficient (Wildman–Crippen LogP) is -1.03. The van der Waals surface area contributed by atoms with Crippen LogP contribution < -0.4 is 10.6 Å². The first-order valence-electron chi connectivity index (χ1n) is 5.55. The van der Waals surface area contributed by atoms with Crippen LogP contribution in [0.3, 0.4) is 0 Å². The molecule has 4 N–H and O–H groups in total. The van der Waals surface area contributed by atoms with Crippen molar-refractivity contribution in [3.05, 3.63) is 0 Å². The minimum Gasteiger partial charge on any atom is -0.396 e. The summed E-state index contributed by atoms with van der Waals surface area (Å²) in [5, 5.41) is 14.4. The minimum absolute atomic E-state index is 0.0962. The number of hydrogen-bond donors (Lipinski definition) is 4. The lowest BCUT2D eigenvalue weighted by atomic mass is 10.1. The normalized spacial score (nSPS) is 24.2. The second kappa shape index (κ2) is 6.51. The van der Waals surface area contributed by atoms with Gasteiger partial charge in [0, 0.05) is 32.3 Å². The van der Waals surface area contributed by atoms with Crippen LogP contribution in [0.5, 0.6) is 0 Å². The Morgan fingerprint density at radius 2 is 2.06 bits per heavy atom. The van der Waals surface area contributed by atoms with Crippen LogP contribution in [0.4, 0.5) is 0 Å². The van der Waals surface area contributed by atoms with E-state index >= 15 is 0 Å². The average Bonchev–Trinajstić information content (AvgIpc) is 2.24. The number of piperazine rings is 1. The van der Waals surface area contributed by atoms with Gasteiger partial charge in [-0.15, -0.1) is 0 Å². The van der Waals surface area contributed by atoms with Gasteiger partial charge in [-0.2, -0.15) is 8.42 Å². The van der Waals surface area contributed by atoms with E-state index in [4.69, 9.17) is 9.66 Å². The van der Waals surface area contributed by atoms with Crippen molar-refractivity contribution in [1.29, 1.82) is 0 Å². The molecule has 0 aromatic carbocycles. The number of aliphatic hydroxyl groups is 1. The van der Waals surface area contributed by atoms with E-state index < -0.39 is 15.4 Å². The Morgan fingerprint density at radius 3 is 2.56 bits per heavy atom. The van der Waals surface area contributed by atoms with Crippen LogP contribution in [-0.4, -0.2) is 55.6 Å². The first kappa shape index (κ1) is 13.9. The molecule has 2 atom stereocenters. The average molecular weight is 252 g/mol. The van der Waals surface area contributed by atoms with Crippen molar-refractivity contribution in [2.24, 2.45) is 0 Å². The highest BCUT2D eigenvalue weighted by atomic mass is 32.2. The third kappa shape index (κ3) is 4.75. The molecule has 0 amide bonds. The van der Waals surface area contributed by atoms with Gasteiger partial charge >= 0.3 is 0 Å². The Hall–Kier alpha value is -0.210. The van der Waals surface area contributed by atoms with Crippen molar-refractivity contribution < 1.29 is 18.1 Å². The van der Waals surface area contributed by atoms with Crippen molar-refractivity contribution in [3.8, 4) is 0 Å². The van der Waals surface area contributed by atoms with E-state index in [1.165, 1.54) is 0 Å². The fourth-order valence-electron chi connectivity index (χ4n) is 1.89. The topological polar surface area (TPSA) is 98.7 Å². The highest BCUT2D eigenvalue weighted by Gasteiger charge is 2.24. The largest absolute Gasteiger partial charge is 0.396 e. The SMILES string of the molecule is O=S(=O)(O)C(CCO)CCC1CNCCN1. The van der Waals surface area contributed by atoms with Gasteiger partial charge in [-0.05, 0) is 19.3 Å². The molecule has 7 heteroatoms. The fraction of sp³-hybridized carbons (Fsp3) is 1.00. The number of rotatable bonds is 6. The molecule has 1 heterocycles. The van der Waals surface area contributed by atoms with Gasteiger partial charge in [0.2, 0.25) is 0 Å². The molecule has 2 unspecified atom stereocenters. The van der Waals surface area contributed by atoms with Gasteiger partial charge in [-0.3, -0.25) is 4.55 Å². The lowest BCUT2D eigenvalue weighted by Crippen LogP contribution is -2.48. The smallest absolute Gasteiger partial charge is 0.267 e. The second-order valence-electron chi connectivity index (χ2n) is 4.08. The number of aliphatic hydroxyl groups excluding tert-OH is 1. The Labute approximate surface area is 96.2 Å². The standard InChI is InChI=1S/C9H20N2O4S/c12-6-3-9(16(13,14)15)2-1-8-7-10-4-5-11-8/h8-12H,1-7H2,(H,13,14,15). The van der Waals surface area contributed by atoms with Crippen LogP contribution in [0, 0.1) is 0 Å². The molecule has 0 aromatic rings. The Bertz CT molecular complexity index is 288. The van der Waals surface area contributed by atoms with Crippen LogP contribution in [-0.2, 0) is 10.1 Å². The number of nitrogens with one attached hydrogen (secondary N) is 2. The summed E-state index contributed by atoms with van der Waals surface area (Å²) in [6.45, 7) is 2.40. The van der Waals surface area contributed by atoms with E-state index in [0.29, 0.717) is 12.8 Å². The molecule has 6 nitrogen and oxygen atoms in total. The van der Waals surface area contributed by atoms with Crippen molar-refractivity contribution in [2.75, 3.05) is 26.2 Å². The summed E-state index contributed by atoms with van der Waals surface area (Å²) in [5.74, 6) is 0. The predicted molar refractivity (Wildman–Crippen MR) is 60.9 cm³/mol. The Balaban J connectivity index is 2.37. The van der Waals surface area contributed by atoms with E-state index in [9.17, 15) is 8.42 Å². The molecule has 0 saturated carbocycles. The quantitative estimate of drug-likeness (QED) is 0.451. The van der Waals surface area contributed by atoms with Crippen molar-refractivity contribution in [2.45, 2.75) is 30.6 Å². The molecular weight excluding hydrogens is 232 g/mol. The monoisotopic (exact) mass is 252 g/mol. The second-order valence-corrected chi connectivity index (χ2v) is 5.78. The van der Waals surface area contributed by atoms with Gasteiger partial charge in [0.15, 0.2) is 0 Å². The molecule has 1 rings (SSSR count). The van der Waals surface area contributed by atoms with Gasteiger partial charge < -0.3 is 15.7 Å². The van der Waals surface area contributed by atoms with Crippen LogP contribution in [0.2, 0.25) is 0 Å². The van der Waals surface area contributed by atoms with E-state index in [1.54, 1.807) is 0 Å². The molecule has 0 spiro atoms. The maximum absolute atomic E-state index is 11.0. The summed E-state index contributed by atoms with van der Waals surface area (Å²) in [4.78, 5) is 0. The molecule has 0 aromatic heterocycles. The van der Waals surface area contributed by atoms with Gasteiger partial charge in [0.25, 0.3) is 10.1 Å². The molecule has 1 saturated heterocycles. The van der Waals surface area contributed by atoms with Crippen LogP contribution in [0.1, 0.15) is 19.3 Å². The van der Waals surface area contributed by atoms with Gasteiger partial charge in [-0.1, -0.05) is 0 Å². The third-order valence-corrected chi connectivity index (χ3v) is 4.15. The summed E-state index contributed by atoms with van der Waals surface area (Å²) in [7, 11) is -4.04. The van der Waals surface area contributed by atoms with Gasteiger partial charge in [0.05, 0.1) is 5.25 Å². The zero-order chi connectivity index (χ0) is 12.0. The molecule has 1 aliphatic heterocycles. The molecule has 0 bridgehead atoms. The third-order valence-electron chi connectivity index (χ3n) is 2.83. The summed E-state index contributed by atoms with van der Waals surface area (Å²) < 4.78 is 31.0. The molecule has 1 aliphatic rings. The zero-order valence-electron chi connectivity index (χ0n) is 9.22. The lowest BCUT2D eigenvalue weighted by Gasteiger charge is -2.25. The molecule has 1 fully saturated rings. The van der Waals surface area contributed by atoms with E-state index in [2.05, 4.69) is 10.6 Å². The fourth-order valence-corrected chi connectivity index (χ4v) is 2.73. The zero-order valence-corrected chi connectivity index (χ0v) is 10.0. The minimum atomic E-state index is -4.04. The Morgan fingerprint density at radius 1 is 1.31 bits per heavy atom. The van der Waals surface area contributed by atoms with Gasteiger partial charge in [-0.25, -0.2) is 0 Å². The first-order valence-corrected chi connectivity index (χ1v) is 7.05. The molecular formula is C9H20N2O4S. The van der Waals surface area contributed by atoms with Crippen LogP contribution in [0.15, 0.2) is 0 Å². The Kier molecular flexibility index (Phi) is 5.63. The molecule has 96 valence electrons. The van der Waals surface area contributed by atoms with E-state index in [0.717, 1.165) is 19.6 Å². The van der Waals surface area contributed by atoms with Crippen LogP contribution in [0.25, 0.3) is 0 Å². The summed E-state index contributed by atoms with van der Waals surface area (Å²) in [6, 6.07) is 0.247. The van der Waals surface area contributed by atoms with E-state index in [-0.39, 0.29) is 19.1 Å². The van der Waals surface area contributed by atoms with Crippen molar-refractivity contribution in [1.82, 2.24) is 10.6 Å². The highest BCUT2D eigenvalue weighted by molar-refractivity contribution is 7.86. The molecule has 0 aliphatic carbocycles. The first-order chi connectivity index (χ1) is 7.54. The summed E-state index contributed by atoms with van der Waals surface area (Å²) in [5.41, 5.74) is 0. The molecule has 0 radical (unpaired) electrons. The van der Waals surface area contributed by atoms with Crippen molar-refractivity contribution in [3.63, 3.8) is 0 Å². The van der Waals surface area contributed by atoms with Crippen molar-refractivity contribution >= 4 is 10.1 Å². The summed E-state index contributed by atoms with van der Waals surface area (Å²) in [6.07, 6.45) is 1.15. The molecule has 16 heavy (non-hydrogen) atoms. The maximum Gasteiger partial charge on any atom is 0.267 e. The van der Waals surface area contributed by atoms with Gasteiger partial charge in [0.1, 0.15) is 0 Å². The lowest BCUT2D eigenvalue weighted by molar-refractivity contribution is 0.277. The van der Waals surface area contributed by atoms with E-state index in [1.807, 2.05) is 0 Å². The highest BCUT2D eigenvalue weighted by Crippen LogP contribution is 2.13. The van der Waals surface area contributed by atoms with Crippen LogP contribution >= 0.6 is 0 Å². The maximum atomic E-state index is 11.0. The number of hydrogen-bond acceptors (Lipinski definition) is 5.